The first kappa shape index (κ1) is 12.7. The molecule has 1 aromatic rings. The Hall–Kier alpha value is -0.390. The summed E-state index contributed by atoms with van der Waals surface area (Å²) in [4.78, 5) is 0. The van der Waals surface area contributed by atoms with Crippen molar-refractivity contribution in [2.75, 3.05) is 20.3 Å². The van der Waals surface area contributed by atoms with Crippen molar-refractivity contribution in [3.8, 4) is 0 Å². The van der Waals surface area contributed by atoms with Crippen LogP contribution in [-0.2, 0) is 18.3 Å². The van der Waals surface area contributed by atoms with E-state index >= 15 is 0 Å². The van der Waals surface area contributed by atoms with Crippen LogP contribution in [-0.4, -0.2) is 30.0 Å². The molecule has 15 heavy (non-hydrogen) atoms. The molecule has 0 aromatic carbocycles. The van der Waals surface area contributed by atoms with Crippen LogP contribution in [0.4, 0.5) is 0 Å². The molecule has 0 fully saturated rings. The quantitative estimate of drug-likeness (QED) is 0.802. The average molecular weight is 276 g/mol. The van der Waals surface area contributed by atoms with Gasteiger partial charge in [-0.2, -0.15) is 5.10 Å². The molecular weight excluding hydrogens is 258 g/mol. The van der Waals surface area contributed by atoms with Crippen molar-refractivity contribution in [2.24, 2.45) is 7.05 Å². The topological polar surface area (TPSA) is 39.1 Å². The van der Waals surface area contributed by atoms with E-state index in [0.29, 0.717) is 0 Å². The molecule has 0 bridgehead atoms. The van der Waals surface area contributed by atoms with Gasteiger partial charge in [-0.15, -0.1) is 0 Å². The maximum atomic E-state index is 4.98. The van der Waals surface area contributed by atoms with Gasteiger partial charge in [0, 0.05) is 27.3 Å². The van der Waals surface area contributed by atoms with Gasteiger partial charge in [0.15, 0.2) is 0 Å². The second-order valence-corrected chi connectivity index (χ2v) is 4.29. The molecule has 0 unspecified atom stereocenters. The molecule has 0 saturated carbocycles. The van der Waals surface area contributed by atoms with Crippen LogP contribution in [0.5, 0.6) is 0 Å². The predicted octanol–water partition coefficient (Wildman–Crippen LogP) is 1.62. The lowest BCUT2D eigenvalue weighted by Gasteiger charge is -2.05. The zero-order chi connectivity index (χ0) is 11.3. The molecule has 0 amide bonds. The molecule has 0 saturated heterocycles. The van der Waals surface area contributed by atoms with Gasteiger partial charge in [0.2, 0.25) is 0 Å². The molecule has 1 aromatic heterocycles. The number of halogens is 1. The van der Waals surface area contributed by atoms with E-state index < -0.39 is 0 Å². The molecule has 1 N–H and O–H groups in total. The molecule has 1 rings (SSSR count). The van der Waals surface area contributed by atoms with Gasteiger partial charge in [0.05, 0.1) is 15.9 Å². The highest BCUT2D eigenvalue weighted by atomic mass is 79.9. The Balaban J connectivity index is 2.37. The zero-order valence-electron chi connectivity index (χ0n) is 9.51. The van der Waals surface area contributed by atoms with Gasteiger partial charge in [0.25, 0.3) is 0 Å². The summed E-state index contributed by atoms with van der Waals surface area (Å²) in [6.45, 7) is 4.60. The molecule has 0 radical (unpaired) electrons. The molecule has 0 aliphatic heterocycles. The lowest BCUT2D eigenvalue weighted by molar-refractivity contribution is 0.194. The second kappa shape index (κ2) is 6.25. The lowest BCUT2D eigenvalue weighted by Crippen LogP contribution is -2.18. The van der Waals surface area contributed by atoms with Crippen molar-refractivity contribution < 1.29 is 4.74 Å². The summed E-state index contributed by atoms with van der Waals surface area (Å²) in [5.74, 6) is 0. The van der Waals surface area contributed by atoms with E-state index in [4.69, 9.17) is 4.74 Å². The molecule has 0 aliphatic rings. The van der Waals surface area contributed by atoms with Gasteiger partial charge in [-0.05, 0) is 35.8 Å². The van der Waals surface area contributed by atoms with E-state index in [1.807, 2.05) is 18.7 Å². The number of aromatic nitrogens is 2. The number of hydrogen-bond donors (Lipinski definition) is 1. The minimum absolute atomic E-state index is 0.804. The van der Waals surface area contributed by atoms with E-state index in [1.54, 1.807) is 7.11 Å². The van der Waals surface area contributed by atoms with Gasteiger partial charge in [-0.25, -0.2) is 0 Å². The molecule has 0 aliphatic carbocycles. The fraction of sp³-hybridized carbons (Fsp3) is 0.700. The van der Waals surface area contributed by atoms with Crippen LogP contribution in [0.25, 0.3) is 0 Å². The van der Waals surface area contributed by atoms with Crippen molar-refractivity contribution in [1.82, 2.24) is 15.1 Å². The molecule has 0 atom stereocenters. The summed E-state index contributed by atoms with van der Waals surface area (Å²) in [5.41, 5.74) is 2.22. The fourth-order valence-corrected chi connectivity index (χ4v) is 1.90. The van der Waals surface area contributed by atoms with Crippen LogP contribution in [0, 0.1) is 6.92 Å². The summed E-state index contributed by atoms with van der Waals surface area (Å²) in [6.07, 6.45) is 1.03. The Morgan fingerprint density at radius 2 is 2.27 bits per heavy atom. The summed E-state index contributed by atoms with van der Waals surface area (Å²) in [7, 11) is 3.69. The van der Waals surface area contributed by atoms with Gasteiger partial charge in [0.1, 0.15) is 0 Å². The van der Waals surface area contributed by atoms with E-state index in [0.717, 1.165) is 36.3 Å². The van der Waals surface area contributed by atoms with Crippen molar-refractivity contribution in [1.29, 1.82) is 0 Å². The Morgan fingerprint density at radius 3 is 2.80 bits per heavy atom. The highest BCUT2D eigenvalue weighted by molar-refractivity contribution is 9.10. The zero-order valence-corrected chi connectivity index (χ0v) is 11.1. The third-order valence-corrected chi connectivity index (χ3v) is 3.29. The lowest BCUT2D eigenvalue weighted by atomic mass is 10.3. The van der Waals surface area contributed by atoms with Crippen molar-refractivity contribution in [3.05, 3.63) is 15.9 Å². The van der Waals surface area contributed by atoms with Crippen molar-refractivity contribution >= 4 is 15.9 Å². The summed E-state index contributed by atoms with van der Waals surface area (Å²) in [5, 5.41) is 7.69. The van der Waals surface area contributed by atoms with Crippen LogP contribution in [0.1, 0.15) is 17.8 Å². The summed E-state index contributed by atoms with van der Waals surface area (Å²) >= 11 is 3.54. The number of nitrogens with zero attached hydrogens (tertiary/aromatic N) is 2. The Bertz CT molecular complexity index is 312. The number of ether oxygens (including phenoxy) is 1. The SMILES string of the molecule is COCCCNCc1c(Br)c(C)nn1C. The Kier molecular flexibility index (Phi) is 5.28. The molecular formula is C10H18BrN3O. The smallest absolute Gasteiger partial charge is 0.0739 e. The first-order chi connectivity index (χ1) is 7.16. The van der Waals surface area contributed by atoms with E-state index in [9.17, 15) is 0 Å². The third-order valence-electron chi connectivity index (χ3n) is 2.26. The molecule has 5 heteroatoms. The number of nitrogens with one attached hydrogen (secondary N) is 1. The Labute approximate surface area is 99.1 Å². The van der Waals surface area contributed by atoms with Crippen molar-refractivity contribution in [2.45, 2.75) is 19.9 Å². The van der Waals surface area contributed by atoms with Crippen LogP contribution >= 0.6 is 15.9 Å². The van der Waals surface area contributed by atoms with Crippen LogP contribution in [0.2, 0.25) is 0 Å². The maximum absolute atomic E-state index is 4.98. The standard InChI is InChI=1S/C10H18BrN3O/c1-8-10(11)9(14(2)13-8)7-12-5-4-6-15-3/h12H,4-7H2,1-3H3. The number of methoxy groups -OCH3 is 1. The molecule has 1 heterocycles. The highest BCUT2D eigenvalue weighted by Gasteiger charge is 2.09. The van der Waals surface area contributed by atoms with Gasteiger partial charge >= 0.3 is 0 Å². The van der Waals surface area contributed by atoms with Gasteiger partial charge < -0.3 is 10.1 Å². The number of rotatable bonds is 6. The maximum Gasteiger partial charge on any atom is 0.0739 e. The Morgan fingerprint density at radius 1 is 1.53 bits per heavy atom. The van der Waals surface area contributed by atoms with E-state index in [2.05, 4.69) is 26.3 Å². The van der Waals surface area contributed by atoms with E-state index in [-0.39, 0.29) is 0 Å². The summed E-state index contributed by atoms with van der Waals surface area (Å²) in [6, 6.07) is 0. The third kappa shape index (κ3) is 3.59. The predicted molar refractivity (Wildman–Crippen MR) is 63.8 cm³/mol. The normalized spacial score (nSPS) is 10.9. The fourth-order valence-electron chi connectivity index (χ4n) is 1.42. The first-order valence-corrected chi connectivity index (χ1v) is 5.83. The molecule has 4 nitrogen and oxygen atoms in total. The van der Waals surface area contributed by atoms with Gasteiger partial charge in [-0.1, -0.05) is 0 Å². The number of hydrogen-bond acceptors (Lipinski definition) is 3. The van der Waals surface area contributed by atoms with Crippen LogP contribution in [0.3, 0.4) is 0 Å². The monoisotopic (exact) mass is 275 g/mol. The van der Waals surface area contributed by atoms with Crippen molar-refractivity contribution in [3.63, 3.8) is 0 Å². The summed E-state index contributed by atoms with van der Waals surface area (Å²) < 4.78 is 7.99. The first-order valence-electron chi connectivity index (χ1n) is 5.04. The van der Waals surface area contributed by atoms with Crippen LogP contribution < -0.4 is 5.32 Å². The minimum Gasteiger partial charge on any atom is -0.385 e. The molecule has 0 spiro atoms. The van der Waals surface area contributed by atoms with Crippen LogP contribution in [0.15, 0.2) is 4.47 Å². The second-order valence-electron chi connectivity index (χ2n) is 3.49. The number of aryl methyl sites for hydroxylation is 2. The average Bonchev–Trinajstić information content (AvgIpc) is 2.44. The largest absolute Gasteiger partial charge is 0.385 e. The molecule has 86 valence electrons. The van der Waals surface area contributed by atoms with Gasteiger partial charge in [-0.3, -0.25) is 4.68 Å². The highest BCUT2D eigenvalue weighted by Crippen LogP contribution is 2.19. The van der Waals surface area contributed by atoms with E-state index in [1.165, 1.54) is 5.69 Å². The minimum atomic E-state index is 0.804.